The molecule has 0 aliphatic carbocycles. The summed E-state index contributed by atoms with van der Waals surface area (Å²) in [5.41, 5.74) is -1.08. The van der Waals surface area contributed by atoms with E-state index in [2.05, 4.69) is 10.1 Å². The number of ether oxygens (including phenoxy) is 1. The molecular formula is C15H18F3NO3. The first-order valence-corrected chi connectivity index (χ1v) is 6.76. The summed E-state index contributed by atoms with van der Waals surface area (Å²) >= 11 is 0. The Bertz CT molecular complexity index is 543. The van der Waals surface area contributed by atoms with Crippen LogP contribution in [0.2, 0.25) is 0 Å². The van der Waals surface area contributed by atoms with Gasteiger partial charge in [0.05, 0.1) is 12.7 Å². The fourth-order valence-electron chi connectivity index (χ4n) is 1.86. The number of carbonyl (C=O) groups excluding carboxylic acids is 2. The van der Waals surface area contributed by atoms with Crippen molar-refractivity contribution in [2.75, 3.05) is 7.11 Å². The molecule has 7 heteroatoms. The molecular weight excluding hydrogens is 299 g/mol. The quantitative estimate of drug-likeness (QED) is 0.849. The highest BCUT2D eigenvalue weighted by molar-refractivity contribution is 5.97. The highest BCUT2D eigenvalue weighted by Crippen LogP contribution is 2.29. The second-order valence-electron chi connectivity index (χ2n) is 4.94. The molecule has 0 bridgehead atoms. The molecule has 0 saturated carbocycles. The maximum atomic E-state index is 12.7. The van der Waals surface area contributed by atoms with Gasteiger partial charge in [0.2, 0.25) is 0 Å². The normalized spacial score (nSPS) is 14.1. The molecule has 0 fully saturated rings. The summed E-state index contributed by atoms with van der Waals surface area (Å²) in [6.07, 6.45) is -3.93. The molecule has 4 nitrogen and oxygen atoms in total. The van der Waals surface area contributed by atoms with Crippen molar-refractivity contribution in [2.24, 2.45) is 5.92 Å². The van der Waals surface area contributed by atoms with Gasteiger partial charge in [-0.3, -0.25) is 4.79 Å². The van der Waals surface area contributed by atoms with Gasteiger partial charge < -0.3 is 10.1 Å². The zero-order chi connectivity index (χ0) is 16.9. The van der Waals surface area contributed by atoms with Gasteiger partial charge in [0.1, 0.15) is 6.04 Å². The summed E-state index contributed by atoms with van der Waals surface area (Å²) in [6, 6.07) is 3.13. The van der Waals surface area contributed by atoms with Crippen LogP contribution in [0.3, 0.4) is 0 Å². The molecule has 1 N–H and O–H groups in total. The number of carbonyl (C=O) groups is 2. The first kappa shape index (κ1) is 18.0. The van der Waals surface area contributed by atoms with Crippen LogP contribution in [0.15, 0.2) is 24.3 Å². The van der Waals surface area contributed by atoms with Crippen LogP contribution < -0.4 is 5.32 Å². The molecule has 0 spiro atoms. The van der Waals surface area contributed by atoms with E-state index in [1.165, 1.54) is 13.2 Å². The van der Waals surface area contributed by atoms with E-state index in [-0.39, 0.29) is 11.5 Å². The Morgan fingerprint density at radius 3 is 2.45 bits per heavy atom. The van der Waals surface area contributed by atoms with Crippen molar-refractivity contribution in [2.45, 2.75) is 32.5 Å². The second-order valence-corrected chi connectivity index (χ2v) is 4.94. The summed E-state index contributed by atoms with van der Waals surface area (Å²) in [4.78, 5) is 23.8. The highest BCUT2D eigenvalue weighted by atomic mass is 19.4. The predicted octanol–water partition coefficient (Wildman–Crippen LogP) is 3.02. The zero-order valence-corrected chi connectivity index (χ0v) is 12.5. The molecule has 1 amide bonds. The first-order valence-electron chi connectivity index (χ1n) is 6.76. The summed E-state index contributed by atoms with van der Waals surface area (Å²) in [5.74, 6) is -1.58. The van der Waals surface area contributed by atoms with Crippen LogP contribution in [0.4, 0.5) is 13.2 Å². The fourth-order valence-corrected chi connectivity index (χ4v) is 1.86. The Morgan fingerprint density at radius 2 is 1.95 bits per heavy atom. The number of amides is 1. The van der Waals surface area contributed by atoms with E-state index >= 15 is 0 Å². The molecule has 122 valence electrons. The Morgan fingerprint density at radius 1 is 1.32 bits per heavy atom. The Labute approximate surface area is 126 Å². The van der Waals surface area contributed by atoms with E-state index in [0.717, 1.165) is 18.2 Å². The lowest BCUT2D eigenvalue weighted by molar-refractivity contribution is -0.144. The van der Waals surface area contributed by atoms with E-state index in [1.807, 2.05) is 6.92 Å². The van der Waals surface area contributed by atoms with Gasteiger partial charge in [0.15, 0.2) is 0 Å². The average molecular weight is 317 g/mol. The largest absolute Gasteiger partial charge is 0.467 e. The van der Waals surface area contributed by atoms with Gasteiger partial charge in [-0.2, -0.15) is 13.2 Å². The zero-order valence-electron chi connectivity index (χ0n) is 12.5. The molecule has 0 radical (unpaired) electrons. The minimum atomic E-state index is -4.53. The van der Waals surface area contributed by atoms with Crippen LogP contribution >= 0.6 is 0 Å². The topological polar surface area (TPSA) is 55.4 Å². The van der Waals surface area contributed by atoms with E-state index in [0.29, 0.717) is 6.42 Å². The molecule has 0 aromatic heterocycles. The van der Waals surface area contributed by atoms with Crippen molar-refractivity contribution in [3.8, 4) is 0 Å². The number of benzene rings is 1. The van der Waals surface area contributed by atoms with Gasteiger partial charge in [0, 0.05) is 5.56 Å². The number of alkyl halides is 3. The molecule has 2 atom stereocenters. The van der Waals surface area contributed by atoms with E-state index < -0.39 is 29.7 Å². The number of rotatable bonds is 5. The number of nitrogens with one attached hydrogen (secondary N) is 1. The van der Waals surface area contributed by atoms with Crippen molar-refractivity contribution < 1.29 is 27.5 Å². The van der Waals surface area contributed by atoms with E-state index in [4.69, 9.17) is 0 Å². The van der Waals surface area contributed by atoms with Crippen molar-refractivity contribution in [1.82, 2.24) is 5.32 Å². The summed E-state index contributed by atoms with van der Waals surface area (Å²) in [6.45, 7) is 3.57. The Balaban J connectivity index is 2.98. The lowest BCUT2D eigenvalue weighted by Gasteiger charge is -2.22. The third kappa shape index (κ3) is 4.47. The van der Waals surface area contributed by atoms with Crippen molar-refractivity contribution in [3.05, 3.63) is 35.4 Å². The highest BCUT2D eigenvalue weighted by Gasteiger charge is 2.32. The maximum absolute atomic E-state index is 12.7. The minimum Gasteiger partial charge on any atom is -0.467 e. The van der Waals surface area contributed by atoms with E-state index in [1.54, 1.807) is 6.92 Å². The van der Waals surface area contributed by atoms with Gasteiger partial charge in [-0.25, -0.2) is 4.79 Å². The number of halogens is 3. The van der Waals surface area contributed by atoms with Gasteiger partial charge in [0.25, 0.3) is 5.91 Å². The smallest absolute Gasteiger partial charge is 0.416 e. The molecule has 1 rings (SSSR count). The van der Waals surface area contributed by atoms with Crippen molar-refractivity contribution in [1.29, 1.82) is 0 Å². The molecule has 1 aromatic carbocycles. The molecule has 1 aromatic rings. The SMILES string of the molecule is CC[C@@H](C)[C@H](NC(=O)c1cccc(C(F)(F)F)c1)C(=O)OC. The van der Waals surface area contributed by atoms with Crippen LogP contribution in [0.25, 0.3) is 0 Å². The fraction of sp³-hybridized carbons (Fsp3) is 0.467. The molecule has 0 unspecified atom stereocenters. The van der Waals surface area contributed by atoms with Gasteiger partial charge in [-0.1, -0.05) is 26.3 Å². The van der Waals surface area contributed by atoms with Crippen LogP contribution in [0, 0.1) is 5.92 Å². The summed E-state index contributed by atoms with van der Waals surface area (Å²) < 4.78 is 42.6. The third-order valence-corrected chi connectivity index (χ3v) is 3.41. The number of esters is 1. The summed E-state index contributed by atoms with van der Waals surface area (Å²) in [7, 11) is 1.19. The van der Waals surface area contributed by atoms with Crippen LogP contribution in [0.5, 0.6) is 0 Å². The van der Waals surface area contributed by atoms with Gasteiger partial charge >= 0.3 is 12.1 Å². The second kappa shape index (κ2) is 7.29. The third-order valence-electron chi connectivity index (χ3n) is 3.41. The molecule has 0 saturated heterocycles. The van der Waals surface area contributed by atoms with Crippen LogP contribution in [-0.2, 0) is 15.7 Å². The van der Waals surface area contributed by atoms with Crippen molar-refractivity contribution in [3.63, 3.8) is 0 Å². The monoisotopic (exact) mass is 317 g/mol. The number of hydrogen-bond acceptors (Lipinski definition) is 3. The molecule has 0 aliphatic rings. The lowest BCUT2D eigenvalue weighted by Crippen LogP contribution is -2.45. The van der Waals surface area contributed by atoms with E-state index in [9.17, 15) is 22.8 Å². The standard InChI is InChI=1S/C15H18F3NO3/c1-4-9(2)12(14(21)22-3)19-13(20)10-6-5-7-11(8-10)15(16,17)18/h5-9,12H,4H2,1-3H3,(H,19,20)/t9-,12+/m1/s1. The minimum absolute atomic E-state index is 0.160. The Kier molecular flexibility index (Phi) is 5.96. The maximum Gasteiger partial charge on any atom is 0.416 e. The van der Waals surface area contributed by atoms with Crippen molar-refractivity contribution >= 4 is 11.9 Å². The number of methoxy groups -OCH3 is 1. The predicted molar refractivity (Wildman–Crippen MR) is 74.2 cm³/mol. The first-order chi connectivity index (χ1) is 10.2. The summed E-state index contributed by atoms with van der Waals surface area (Å²) in [5, 5.41) is 2.43. The van der Waals surface area contributed by atoms with Crippen LogP contribution in [0.1, 0.15) is 36.2 Å². The molecule has 0 heterocycles. The van der Waals surface area contributed by atoms with Crippen LogP contribution in [-0.4, -0.2) is 25.0 Å². The average Bonchev–Trinajstić information content (AvgIpc) is 2.50. The Hall–Kier alpha value is -2.05. The molecule has 0 aliphatic heterocycles. The van der Waals surface area contributed by atoms with Gasteiger partial charge in [-0.05, 0) is 24.1 Å². The molecule has 22 heavy (non-hydrogen) atoms. The number of hydrogen-bond donors (Lipinski definition) is 1. The lowest BCUT2D eigenvalue weighted by atomic mass is 9.98. The van der Waals surface area contributed by atoms with Gasteiger partial charge in [-0.15, -0.1) is 0 Å².